The number of rotatable bonds is 1. The van der Waals surface area contributed by atoms with E-state index in [-0.39, 0.29) is 6.04 Å². The molecule has 1 aliphatic rings. The van der Waals surface area contributed by atoms with E-state index in [9.17, 15) is 0 Å². The molecule has 2 N–H and O–H groups in total. The number of halogens is 1. The molecular formula is C11H14BrNO2. The van der Waals surface area contributed by atoms with Gasteiger partial charge in [-0.2, -0.15) is 0 Å². The summed E-state index contributed by atoms with van der Waals surface area (Å²) in [6.07, 6.45) is 0.853. The van der Waals surface area contributed by atoms with Gasteiger partial charge in [0.05, 0.1) is 26.4 Å². The second-order valence-corrected chi connectivity index (χ2v) is 4.43. The summed E-state index contributed by atoms with van der Waals surface area (Å²) in [6, 6.07) is 3.86. The Labute approximate surface area is 97.7 Å². The van der Waals surface area contributed by atoms with Crippen LogP contribution in [0.2, 0.25) is 0 Å². The topological polar surface area (TPSA) is 44.5 Å². The molecule has 0 aromatic heterocycles. The first kappa shape index (κ1) is 10.9. The maximum absolute atomic E-state index is 6.06. The highest BCUT2D eigenvalue weighted by atomic mass is 79.9. The van der Waals surface area contributed by atoms with E-state index < -0.39 is 0 Å². The number of hydrogen-bond donors (Lipinski definition) is 1. The molecule has 0 saturated carbocycles. The van der Waals surface area contributed by atoms with Gasteiger partial charge in [0, 0.05) is 10.0 Å². The van der Waals surface area contributed by atoms with Crippen LogP contribution >= 0.6 is 15.9 Å². The average Bonchev–Trinajstić information content (AvgIpc) is 2.42. The first-order valence-electron chi connectivity index (χ1n) is 4.92. The molecule has 1 heterocycles. The Kier molecular flexibility index (Phi) is 3.29. The van der Waals surface area contributed by atoms with Crippen molar-refractivity contribution in [1.29, 1.82) is 0 Å². The molecule has 15 heavy (non-hydrogen) atoms. The fourth-order valence-electron chi connectivity index (χ4n) is 1.93. The summed E-state index contributed by atoms with van der Waals surface area (Å²) in [5.74, 6) is 0.897. The Balaban J connectivity index is 2.55. The standard InChI is InChI=1S/C11H14BrNO2/c1-14-10-3-2-8(12)11-7(10)4-5-15-6-9(11)13/h2-3,9H,4-6,13H2,1H3. The lowest BCUT2D eigenvalue weighted by Crippen LogP contribution is -2.16. The predicted molar refractivity (Wildman–Crippen MR) is 62.1 cm³/mol. The van der Waals surface area contributed by atoms with Gasteiger partial charge < -0.3 is 15.2 Å². The zero-order valence-corrected chi connectivity index (χ0v) is 10.2. The predicted octanol–water partition coefficient (Wildman–Crippen LogP) is 2.03. The summed E-state index contributed by atoms with van der Waals surface area (Å²) < 4.78 is 11.8. The molecule has 1 atom stereocenters. The number of nitrogens with two attached hydrogens (primary N) is 1. The van der Waals surface area contributed by atoms with Crippen LogP contribution in [0, 0.1) is 0 Å². The minimum absolute atomic E-state index is 0.0769. The van der Waals surface area contributed by atoms with Crippen molar-refractivity contribution in [3.63, 3.8) is 0 Å². The van der Waals surface area contributed by atoms with Gasteiger partial charge in [-0.1, -0.05) is 15.9 Å². The monoisotopic (exact) mass is 271 g/mol. The second kappa shape index (κ2) is 4.51. The number of fused-ring (bicyclic) bond motifs is 1. The third-order valence-electron chi connectivity index (χ3n) is 2.65. The van der Waals surface area contributed by atoms with Gasteiger partial charge in [-0.15, -0.1) is 0 Å². The van der Waals surface area contributed by atoms with E-state index in [1.165, 1.54) is 0 Å². The third-order valence-corrected chi connectivity index (χ3v) is 3.34. The van der Waals surface area contributed by atoms with Gasteiger partial charge in [-0.3, -0.25) is 0 Å². The molecule has 4 heteroatoms. The van der Waals surface area contributed by atoms with Gasteiger partial charge in [-0.05, 0) is 24.1 Å². The second-order valence-electron chi connectivity index (χ2n) is 3.57. The largest absolute Gasteiger partial charge is 0.496 e. The van der Waals surface area contributed by atoms with Crippen molar-refractivity contribution in [3.05, 3.63) is 27.7 Å². The van der Waals surface area contributed by atoms with Crippen molar-refractivity contribution in [2.24, 2.45) is 5.73 Å². The molecule has 0 spiro atoms. The van der Waals surface area contributed by atoms with E-state index in [0.717, 1.165) is 27.8 Å². The van der Waals surface area contributed by atoms with Crippen LogP contribution in [-0.2, 0) is 11.2 Å². The summed E-state index contributed by atoms with van der Waals surface area (Å²) in [7, 11) is 1.68. The lowest BCUT2D eigenvalue weighted by atomic mass is 9.99. The zero-order chi connectivity index (χ0) is 10.8. The molecule has 0 radical (unpaired) electrons. The van der Waals surface area contributed by atoms with Gasteiger partial charge in [0.1, 0.15) is 5.75 Å². The summed E-state index contributed by atoms with van der Waals surface area (Å²) in [6.45, 7) is 1.27. The highest BCUT2D eigenvalue weighted by molar-refractivity contribution is 9.10. The average molecular weight is 272 g/mol. The van der Waals surface area contributed by atoms with Gasteiger partial charge in [-0.25, -0.2) is 0 Å². The number of benzene rings is 1. The quantitative estimate of drug-likeness (QED) is 0.850. The Morgan fingerprint density at radius 2 is 2.33 bits per heavy atom. The molecule has 0 bridgehead atoms. The van der Waals surface area contributed by atoms with Gasteiger partial charge >= 0.3 is 0 Å². The first-order valence-corrected chi connectivity index (χ1v) is 5.72. The van der Waals surface area contributed by atoms with Crippen LogP contribution < -0.4 is 10.5 Å². The SMILES string of the molecule is COc1ccc(Br)c2c1CCOCC2N. The number of hydrogen-bond acceptors (Lipinski definition) is 3. The Bertz CT molecular complexity index is 368. The molecule has 1 unspecified atom stereocenters. The summed E-state index contributed by atoms with van der Waals surface area (Å²) in [5.41, 5.74) is 8.34. The third kappa shape index (κ3) is 2.02. The molecule has 0 amide bonds. The molecular weight excluding hydrogens is 258 g/mol. The Morgan fingerprint density at radius 3 is 3.07 bits per heavy atom. The zero-order valence-electron chi connectivity index (χ0n) is 8.63. The van der Waals surface area contributed by atoms with Crippen LogP contribution in [0.4, 0.5) is 0 Å². The molecule has 0 fully saturated rings. The smallest absolute Gasteiger partial charge is 0.122 e. The van der Waals surface area contributed by atoms with E-state index in [0.29, 0.717) is 13.2 Å². The number of ether oxygens (including phenoxy) is 2. The van der Waals surface area contributed by atoms with Crippen molar-refractivity contribution in [1.82, 2.24) is 0 Å². The van der Waals surface area contributed by atoms with Crippen LogP contribution in [0.1, 0.15) is 17.2 Å². The lowest BCUT2D eigenvalue weighted by molar-refractivity contribution is 0.131. The van der Waals surface area contributed by atoms with Crippen molar-refractivity contribution < 1.29 is 9.47 Å². The van der Waals surface area contributed by atoms with Crippen LogP contribution in [0.25, 0.3) is 0 Å². The molecule has 2 rings (SSSR count). The maximum atomic E-state index is 6.06. The Morgan fingerprint density at radius 1 is 1.53 bits per heavy atom. The Hall–Kier alpha value is -0.580. The maximum Gasteiger partial charge on any atom is 0.122 e. The van der Waals surface area contributed by atoms with E-state index in [1.807, 2.05) is 12.1 Å². The molecule has 3 nitrogen and oxygen atoms in total. The summed E-state index contributed by atoms with van der Waals surface area (Å²) in [5, 5.41) is 0. The minimum atomic E-state index is -0.0769. The fraction of sp³-hybridized carbons (Fsp3) is 0.455. The van der Waals surface area contributed by atoms with Crippen LogP contribution in [-0.4, -0.2) is 20.3 Å². The van der Waals surface area contributed by atoms with E-state index in [2.05, 4.69) is 15.9 Å². The molecule has 0 aliphatic carbocycles. The minimum Gasteiger partial charge on any atom is -0.496 e. The van der Waals surface area contributed by atoms with Crippen molar-refractivity contribution >= 4 is 15.9 Å². The highest BCUT2D eigenvalue weighted by Crippen LogP contribution is 2.34. The van der Waals surface area contributed by atoms with Crippen LogP contribution in [0.3, 0.4) is 0 Å². The van der Waals surface area contributed by atoms with E-state index in [1.54, 1.807) is 7.11 Å². The first-order chi connectivity index (χ1) is 7.24. The van der Waals surface area contributed by atoms with Crippen molar-refractivity contribution in [2.75, 3.05) is 20.3 Å². The van der Waals surface area contributed by atoms with Gasteiger partial charge in [0.25, 0.3) is 0 Å². The van der Waals surface area contributed by atoms with Gasteiger partial charge in [0.2, 0.25) is 0 Å². The molecule has 1 aromatic rings. The lowest BCUT2D eigenvalue weighted by Gasteiger charge is -2.16. The summed E-state index contributed by atoms with van der Waals surface area (Å²) in [4.78, 5) is 0. The highest BCUT2D eigenvalue weighted by Gasteiger charge is 2.21. The summed E-state index contributed by atoms with van der Waals surface area (Å²) >= 11 is 3.53. The molecule has 1 aliphatic heterocycles. The molecule has 0 saturated heterocycles. The molecule has 82 valence electrons. The van der Waals surface area contributed by atoms with Crippen molar-refractivity contribution in [3.8, 4) is 5.75 Å². The van der Waals surface area contributed by atoms with E-state index in [4.69, 9.17) is 15.2 Å². The fourth-order valence-corrected chi connectivity index (χ4v) is 2.60. The van der Waals surface area contributed by atoms with Crippen molar-refractivity contribution in [2.45, 2.75) is 12.5 Å². The van der Waals surface area contributed by atoms with E-state index >= 15 is 0 Å². The normalized spacial score (nSPS) is 20.6. The van der Waals surface area contributed by atoms with Crippen LogP contribution in [0.5, 0.6) is 5.75 Å². The number of methoxy groups -OCH3 is 1. The molecule has 1 aromatic carbocycles. The van der Waals surface area contributed by atoms with Crippen LogP contribution in [0.15, 0.2) is 16.6 Å². The van der Waals surface area contributed by atoms with Gasteiger partial charge in [0.15, 0.2) is 0 Å².